The van der Waals surface area contributed by atoms with Gasteiger partial charge in [-0.05, 0) is 32.2 Å². The van der Waals surface area contributed by atoms with Crippen molar-refractivity contribution in [1.82, 2.24) is 10.2 Å². The minimum atomic E-state index is 0. The van der Waals surface area contributed by atoms with Crippen LogP contribution in [0, 0.1) is 11.8 Å². The van der Waals surface area contributed by atoms with Crippen molar-refractivity contribution in [2.75, 3.05) is 39.4 Å². The van der Waals surface area contributed by atoms with Gasteiger partial charge in [-0.2, -0.15) is 0 Å². The van der Waals surface area contributed by atoms with Crippen LogP contribution in [-0.4, -0.2) is 56.2 Å². The van der Waals surface area contributed by atoms with E-state index in [1.807, 2.05) is 0 Å². The second-order valence-electron chi connectivity index (χ2n) is 5.78. The number of nitrogens with two attached hydrogens (primary N) is 1. The molecule has 126 valence electrons. The van der Waals surface area contributed by atoms with Crippen LogP contribution in [0.4, 0.5) is 0 Å². The number of hydrogen-bond acceptors (Lipinski definition) is 4. The molecule has 1 unspecified atom stereocenters. The Labute approximate surface area is 140 Å². The Morgan fingerprint density at radius 2 is 2.14 bits per heavy atom. The minimum Gasteiger partial charge on any atom is -0.379 e. The minimum absolute atomic E-state index is 0. The van der Waals surface area contributed by atoms with Crippen LogP contribution in [0.3, 0.4) is 0 Å². The molecule has 7 heteroatoms. The Kier molecular flexibility index (Phi) is 10.6. The van der Waals surface area contributed by atoms with Gasteiger partial charge in [-0.1, -0.05) is 6.42 Å². The monoisotopic (exact) mass is 341 g/mol. The fraction of sp³-hybridized carbons (Fsp3) is 0.929. The summed E-state index contributed by atoms with van der Waals surface area (Å²) in [5, 5.41) is 3.08. The molecule has 0 bridgehead atoms. The summed E-state index contributed by atoms with van der Waals surface area (Å²) >= 11 is 0. The summed E-state index contributed by atoms with van der Waals surface area (Å²) < 4.78 is 5.41. The lowest BCUT2D eigenvalue weighted by atomic mass is 9.95. The standard InChI is InChI=1S/C14H27N3O2.2ClH/c1-11-10-19-8-7-17(11)6-5-16-14(18)13-4-2-3-12(13)9-15;;/h11-13H,2-10,15H2,1H3,(H,16,18);2*1H/t11?,12-,13-;;/m1../s1. The molecule has 5 nitrogen and oxygen atoms in total. The van der Waals surface area contributed by atoms with E-state index in [2.05, 4.69) is 17.1 Å². The summed E-state index contributed by atoms with van der Waals surface area (Å²) in [6, 6.07) is 0.453. The number of hydrogen-bond donors (Lipinski definition) is 2. The van der Waals surface area contributed by atoms with Gasteiger partial charge < -0.3 is 15.8 Å². The number of carbonyl (C=O) groups is 1. The first-order chi connectivity index (χ1) is 9.22. The van der Waals surface area contributed by atoms with Gasteiger partial charge in [0, 0.05) is 31.6 Å². The van der Waals surface area contributed by atoms with Crippen molar-refractivity contribution >= 4 is 30.7 Å². The fourth-order valence-electron chi connectivity index (χ4n) is 3.21. The van der Waals surface area contributed by atoms with Crippen LogP contribution in [0.5, 0.6) is 0 Å². The number of ether oxygens (including phenoxy) is 1. The van der Waals surface area contributed by atoms with Crippen molar-refractivity contribution in [2.45, 2.75) is 32.2 Å². The number of halogens is 2. The molecule has 0 aromatic carbocycles. The third kappa shape index (κ3) is 5.91. The molecule has 2 rings (SSSR count). The van der Waals surface area contributed by atoms with Gasteiger partial charge in [0.05, 0.1) is 13.2 Å². The number of nitrogens with one attached hydrogen (secondary N) is 1. The van der Waals surface area contributed by atoms with E-state index in [0.29, 0.717) is 18.5 Å². The van der Waals surface area contributed by atoms with Crippen LogP contribution in [0.2, 0.25) is 0 Å². The summed E-state index contributed by atoms with van der Waals surface area (Å²) in [6.07, 6.45) is 3.25. The summed E-state index contributed by atoms with van der Waals surface area (Å²) in [5.41, 5.74) is 5.72. The van der Waals surface area contributed by atoms with Crippen molar-refractivity contribution in [3.05, 3.63) is 0 Å². The second-order valence-corrected chi connectivity index (χ2v) is 5.78. The zero-order chi connectivity index (χ0) is 13.7. The maximum Gasteiger partial charge on any atom is 0.223 e. The number of rotatable bonds is 5. The van der Waals surface area contributed by atoms with Crippen molar-refractivity contribution in [2.24, 2.45) is 17.6 Å². The van der Waals surface area contributed by atoms with Crippen LogP contribution < -0.4 is 11.1 Å². The van der Waals surface area contributed by atoms with Gasteiger partial charge in [0.2, 0.25) is 5.91 Å². The Morgan fingerprint density at radius 3 is 2.81 bits per heavy atom. The maximum absolute atomic E-state index is 12.1. The van der Waals surface area contributed by atoms with E-state index < -0.39 is 0 Å². The summed E-state index contributed by atoms with van der Waals surface area (Å²) in [4.78, 5) is 14.5. The molecule has 3 atom stereocenters. The second kappa shape index (κ2) is 10.6. The van der Waals surface area contributed by atoms with Crippen molar-refractivity contribution in [3.8, 4) is 0 Å². The van der Waals surface area contributed by atoms with Gasteiger partial charge >= 0.3 is 0 Å². The van der Waals surface area contributed by atoms with Gasteiger partial charge in [-0.3, -0.25) is 9.69 Å². The van der Waals surface area contributed by atoms with Gasteiger partial charge in [-0.15, -0.1) is 24.8 Å². The predicted octanol–water partition coefficient (Wildman–Crippen LogP) is 1.04. The number of amides is 1. The van der Waals surface area contributed by atoms with Crippen LogP contribution in [-0.2, 0) is 9.53 Å². The highest BCUT2D eigenvalue weighted by atomic mass is 35.5. The number of morpholine rings is 1. The molecule has 2 aliphatic rings. The highest BCUT2D eigenvalue weighted by molar-refractivity contribution is 5.85. The zero-order valence-corrected chi connectivity index (χ0v) is 14.4. The lowest BCUT2D eigenvalue weighted by molar-refractivity contribution is -0.126. The maximum atomic E-state index is 12.1. The molecular weight excluding hydrogens is 313 g/mol. The molecule has 3 N–H and O–H groups in total. The number of carbonyl (C=O) groups excluding carboxylic acids is 1. The molecular formula is C14H29Cl2N3O2. The molecule has 0 aromatic rings. The lowest BCUT2D eigenvalue weighted by Gasteiger charge is -2.33. The summed E-state index contributed by atoms with van der Waals surface area (Å²) in [7, 11) is 0. The summed E-state index contributed by atoms with van der Waals surface area (Å²) in [6.45, 7) is 7.02. The Bertz CT molecular complexity index is 308. The fourth-order valence-corrected chi connectivity index (χ4v) is 3.21. The molecule has 0 aromatic heterocycles. The first kappa shape index (κ1) is 20.9. The Morgan fingerprint density at radius 1 is 1.38 bits per heavy atom. The van der Waals surface area contributed by atoms with Crippen LogP contribution in [0.15, 0.2) is 0 Å². The van der Waals surface area contributed by atoms with Crippen molar-refractivity contribution in [3.63, 3.8) is 0 Å². The van der Waals surface area contributed by atoms with Gasteiger partial charge in [0.15, 0.2) is 0 Å². The molecule has 1 amide bonds. The first-order valence-corrected chi connectivity index (χ1v) is 7.52. The largest absolute Gasteiger partial charge is 0.379 e. The summed E-state index contributed by atoms with van der Waals surface area (Å²) in [5.74, 6) is 0.739. The molecule has 1 aliphatic carbocycles. The van der Waals surface area contributed by atoms with E-state index in [-0.39, 0.29) is 36.6 Å². The van der Waals surface area contributed by atoms with Crippen molar-refractivity contribution in [1.29, 1.82) is 0 Å². The number of nitrogens with zero attached hydrogens (tertiary/aromatic N) is 1. The third-order valence-corrected chi connectivity index (χ3v) is 4.50. The highest BCUT2D eigenvalue weighted by Crippen LogP contribution is 2.30. The quantitative estimate of drug-likeness (QED) is 0.784. The molecule has 0 spiro atoms. The van der Waals surface area contributed by atoms with Gasteiger partial charge in [0.1, 0.15) is 0 Å². The Hall–Kier alpha value is -0.0700. The van der Waals surface area contributed by atoms with E-state index in [1.165, 1.54) is 0 Å². The van der Waals surface area contributed by atoms with Crippen LogP contribution in [0.1, 0.15) is 26.2 Å². The van der Waals surface area contributed by atoms with Gasteiger partial charge in [-0.25, -0.2) is 0 Å². The molecule has 1 heterocycles. The third-order valence-electron chi connectivity index (χ3n) is 4.50. The van der Waals surface area contributed by atoms with E-state index in [4.69, 9.17) is 10.5 Å². The first-order valence-electron chi connectivity index (χ1n) is 7.52. The Balaban J connectivity index is 0.00000200. The molecule has 1 aliphatic heterocycles. The van der Waals surface area contributed by atoms with Crippen molar-refractivity contribution < 1.29 is 9.53 Å². The SMILES string of the molecule is CC1COCCN1CCNC(=O)[C@@H]1CCC[C@@H]1CN.Cl.Cl. The normalized spacial score (nSPS) is 29.3. The average molecular weight is 342 g/mol. The van der Waals surface area contributed by atoms with E-state index in [0.717, 1.165) is 52.1 Å². The van der Waals surface area contributed by atoms with E-state index >= 15 is 0 Å². The molecule has 0 radical (unpaired) electrons. The topological polar surface area (TPSA) is 67.6 Å². The molecule has 21 heavy (non-hydrogen) atoms. The van der Waals surface area contributed by atoms with Crippen LogP contribution >= 0.6 is 24.8 Å². The average Bonchev–Trinajstić information content (AvgIpc) is 2.89. The van der Waals surface area contributed by atoms with E-state index in [1.54, 1.807) is 0 Å². The molecule has 2 fully saturated rings. The molecule has 1 saturated carbocycles. The zero-order valence-electron chi connectivity index (χ0n) is 12.8. The van der Waals surface area contributed by atoms with Gasteiger partial charge in [0.25, 0.3) is 0 Å². The molecule has 1 saturated heterocycles. The highest BCUT2D eigenvalue weighted by Gasteiger charge is 2.31. The van der Waals surface area contributed by atoms with Crippen LogP contribution in [0.25, 0.3) is 0 Å². The predicted molar refractivity (Wildman–Crippen MR) is 89.2 cm³/mol. The van der Waals surface area contributed by atoms with E-state index in [9.17, 15) is 4.79 Å². The lowest BCUT2D eigenvalue weighted by Crippen LogP contribution is -2.47. The smallest absolute Gasteiger partial charge is 0.223 e.